The molecule has 1 aliphatic rings. The van der Waals surface area contributed by atoms with E-state index in [-0.39, 0.29) is 11.7 Å². The highest BCUT2D eigenvalue weighted by Gasteiger charge is 2.26. The fourth-order valence-electron chi connectivity index (χ4n) is 2.68. The molecule has 0 saturated heterocycles. The number of hydrogen-bond donors (Lipinski definition) is 0. The van der Waals surface area contributed by atoms with Gasteiger partial charge in [-0.1, -0.05) is 37.3 Å². The average molecular weight is 345 g/mol. The van der Waals surface area contributed by atoms with E-state index in [1.54, 1.807) is 0 Å². The van der Waals surface area contributed by atoms with Crippen molar-refractivity contribution in [2.75, 3.05) is 0 Å². The Kier molecular flexibility index (Phi) is 4.11. The number of fused-ring (bicyclic) bond motifs is 1. The Morgan fingerprint density at radius 3 is 2.71 bits per heavy atom. The van der Waals surface area contributed by atoms with Crippen LogP contribution in [0.3, 0.4) is 0 Å². The third-order valence-electron chi connectivity index (χ3n) is 3.99. The van der Waals surface area contributed by atoms with Crippen LogP contribution in [0.25, 0.3) is 0 Å². The second-order valence-corrected chi connectivity index (χ2v) is 6.28. The van der Waals surface area contributed by atoms with Crippen LogP contribution in [-0.4, -0.2) is 5.78 Å². The van der Waals surface area contributed by atoms with E-state index in [2.05, 4.69) is 15.9 Å². The number of carbonyl (C=O) groups excluding carboxylic acids is 1. The number of benzene rings is 2. The highest BCUT2D eigenvalue weighted by atomic mass is 79.9. The van der Waals surface area contributed by atoms with Crippen LogP contribution in [0.15, 0.2) is 46.9 Å². The summed E-state index contributed by atoms with van der Waals surface area (Å²) in [5.74, 6) is 1.17. The minimum Gasteiger partial charge on any atom is -0.488 e. The highest BCUT2D eigenvalue weighted by molar-refractivity contribution is 9.10. The Balaban J connectivity index is 1.83. The van der Waals surface area contributed by atoms with Gasteiger partial charge >= 0.3 is 0 Å². The Bertz CT molecular complexity index is 664. The maximum atomic E-state index is 12.2. The molecule has 3 heteroatoms. The van der Waals surface area contributed by atoms with E-state index in [0.717, 1.165) is 39.8 Å². The lowest BCUT2D eigenvalue weighted by Gasteiger charge is -2.22. The van der Waals surface area contributed by atoms with Crippen molar-refractivity contribution in [3.8, 4) is 5.75 Å². The SMILES string of the molecule is CC1CCc2c(ccc(OCc3ccccc3)c2Br)C1=O. The van der Waals surface area contributed by atoms with Crippen molar-refractivity contribution in [1.82, 2.24) is 0 Å². The van der Waals surface area contributed by atoms with E-state index < -0.39 is 0 Å². The monoisotopic (exact) mass is 344 g/mol. The lowest BCUT2D eigenvalue weighted by Crippen LogP contribution is -2.20. The summed E-state index contributed by atoms with van der Waals surface area (Å²) in [5.41, 5.74) is 3.06. The summed E-state index contributed by atoms with van der Waals surface area (Å²) >= 11 is 3.61. The Morgan fingerprint density at radius 1 is 1.19 bits per heavy atom. The molecular formula is C18H17BrO2. The molecule has 1 unspecified atom stereocenters. The van der Waals surface area contributed by atoms with Gasteiger partial charge in [0.1, 0.15) is 12.4 Å². The molecule has 1 aliphatic carbocycles. The Morgan fingerprint density at radius 2 is 1.95 bits per heavy atom. The molecule has 2 nitrogen and oxygen atoms in total. The van der Waals surface area contributed by atoms with Crippen molar-refractivity contribution in [1.29, 1.82) is 0 Å². The normalized spacial score (nSPS) is 17.4. The first kappa shape index (κ1) is 14.3. The lowest BCUT2D eigenvalue weighted by molar-refractivity contribution is 0.0913. The van der Waals surface area contributed by atoms with Gasteiger partial charge in [-0.15, -0.1) is 0 Å². The van der Waals surface area contributed by atoms with Crippen LogP contribution < -0.4 is 4.74 Å². The van der Waals surface area contributed by atoms with Crippen LogP contribution in [0.2, 0.25) is 0 Å². The number of rotatable bonds is 3. The molecule has 2 aromatic rings. The molecule has 0 heterocycles. The van der Waals surface area contributed by atoms with Gasteiger partial charge in [-0.25, -0.2) is 0 Å². The van der Waals surface area contributed by atoms with E-state index in [9.17, 15) is 4.79 Å². The largest absolute Gasteiger partial charge is 0.488 e. The van der Waals surface area contributed by atoms with Crippen LogP contribution in [-0.2, 0) is 13.0 Å². The molecule has 0 saturated carbocycles. The first-order chi connectivity index (χ1) is 10.2. The van der Waals surface area contributed by atoms with Crippen molar-refractivity contribution in [3.63, 3.8) is 0 Å². The quantitative estimate of drug-likeness (QED) is 0.799. The number of ketones is 1. The zero-order valence-corrected chi connectivity index (χ0v) is 13.5. The van der Waals surface area contributed by atoms with Crippen molar-refractivity contribution < 1.29 is 9.53 Å². The summed E-state index contributed by atoms with van der Waals surface area (Å²) in [7, 11) is 0. The van der Waals surface area contributed by atoms with Gasteiger partial charge in [0, 0.05) is 11.5 Å². The molecule has 21 heavy (non-hydrogen) atoms. The summed E-state index contributed by atoms with van der Waals surface area (Å²) < 4.78 is 6.82. The van der Waals surface area contributed by atoms with E-state index in [4.69, 9.17) is 4.74 Å². The second-order valence-electron chi connectivity index (χ2n) is 5.48. The van der Waals surface area contributed by atoms with E-state index in [0.29, 0.717) is 6.61 Å². The summed E-state index contributed by atoms with van der Waals surface area (Å²) in [6, 6.07) is 13.9. The summed E-state index contributed by atoms with van der Waals surface area (Å²) in [5, 5.41) is 0. The minimum absolute atomic E-state index is 0.125. The molecular weight excluding hydrogens is 328 g/mol. The molecule has 3 rings (SSSR count). The first-order valence-electron chi connectivity index (χ1n) is 7.19. The van der Waals surface area contributed by atoms with Crippen LogP contribution in [0, 0.1) is 5.92 Å². The third kappa shape index (κ3) is 2.88. The topological polar surface area (TPSA) is 26.3 Å². The van der Waals surface area contributed by atoms with Crippen LogP contribution in [0.1, 0.15) is 34.8 Å². The molecule has 108 valence electrons. The van der Waals surface area contributed by atoms with E-state index in [1.807, 2.05) is 49.4 Å². The van der Waals surface area contributed by atoms with Gasteiger partial charge in [0.05, 0.1) is 4.47 Å². The summed E-state index contributed by atoms with van der Waals surface area (Å²) in [4.78, 5) is 12.2. The first-order valence-corrected chi connectivity index (χ1v) is 7.98. The molecule has 0 N–H and O–H groups in total. The number of Topliss-reactive ketones (excluding diaryl/α,β-unsaturated/α-hetero) is 1. The molecule has 0 aliphatic heterocycles. The van der Waals surface area contributed by atoms with Crippen LogP contribution in [0.5, 0.6) is 5.75 Å². The second kappa shape index (κ2) is 6.02. The molecule has 0 aromatic heterocycles. The Labute approximate surface area is 133 Å². The van der Waals surface area contributed by atoms with Crippen LogP contribution >= 0.6 is 15.9 Å². The van der Waals surface area contributed by atoms with Crippen molar-refractivity contribution in [2.24, 2.45) is 5.92 Å². The summed E-state index contributed by atoms with van der Waals surface area (Å²) in [6.07, 6.45) is 1.83. The fraction of sp³-hybridized carbons (Fsp3) is 0.278. The van der Waals surface area contributed by atoms with Crippen molar-refractivity contribution in [3.05, 3.63) is 63.6 Å². The fourth-order valence-corrected chi connectivity index (χ4v) is 3.34. The molecule has 0 amide bonds. The van der Waals surface area contributed by atoms with Gasteiger partial charge in [-0.2, -0.15) is 0 Å². The molecule has 0 fully saturated rings. The average Bonchev–Trinajstić information content (AvgIpc) is 2.51. The van der Waals surface area contributed by atoms with Crippen molar-refractivity contribution in [2.45, 2.75) is 26.4 Å². The van der Waals surface area contributed by atoms with E-state index >= 15 is 0 Å². The standard InChI is InChI=1S/C18H17BrO2/c1-12-7-8-14-15(18(12)20)9-10-16(17(14)19)21-11-13-5-3-2-4-6-13/h2-6,9-10,12H,7-8,11H2,1H3. The maximum Gasteiger partial charge on any atom is 0.165 e. The molecule has 1 atom stereocenters. The summed E-state index contributed by atoms with van der Waals surface area (Å²) in [6.45, 7) is 2.53. The van der Waals surface area contributed by atoms with Gasteiger partial charge < -0.3 is 4.74 Å². The van der Waals surface area contributed by atoms with Gasteiger partial charge in [-0.3, -0.25) is 4.79 Å². The predicted molar refractivity (Wildman–Crippen MR) is 86.7 cm³/mol. The third-order valence-corrected chi connectivity index (χ3v) is 4.85. The molecule has 2 aromatic carbocycles. The number of hydrogen-bond acceptors (Lipinski definition) is 2. The van der Waals surface area contributed by atoms with E-state index in [1.165, 1.54) is 0 Å². The molecule has 0 radical (unpaired) electrons. The Hall–Kier alpha value is -1.61. The van der Waals surface area contributed by atoms with Gasteiger partial charge in [0.15, 0.2) is 5.78 Å². The van der Waals surface area contributed by atoms with Gasteiger partial charge in [0.25, 0.3) is 0 Å². The minimum atomic E-state index is 0.125. The number of ether oxygens (including phenoxy) is 1. The maximum absolute atomic E-state index is 12.2. The predicted octanol–water partition coefficient (Wildman–Crippen LogP) is 4.79. The highest BCUT2D eigenvalue weighted by Crippen LogP contribution is 2.37. The number of carbonyl (C=O) groups is 1. The van der Waals surface area contributed by atoms with Gasteiger partial charge in [-0.05, 0) is 52.0 Å². The van der Waals surface area contributed by atoms with Gasteiger partial charge in [0.2, 0.25) is 0 Å². The molecule has 0 spiro atoms. The van der Waals surface area contributed by atoms with Crippen LogP contribution in [0.4, 0.5) is 0 Å². The zero-order chi connectivity index (χ0) is 14.8. The molecule has 0 bridgehead atoms. The number of halogens is 1. The smallest absolute Gasteiger partial charge is 0.165 e. The lowest BCUT2D eigenvalue weighted by atomic mass is 9.84. The zero-order valence-electron chi connectivity index (χ0n) is 11.9. The van der Waals surface area contributed by atoms with Crippen molar-refractivity contribution >= 4 is 21.7 Å².